The van der Waals surface area contributed by atoms with E-state index in [9.17, 15) is 0 Å². The molecular formula is C56H44B2N2. The van der Waals surface area contributed by atoms with E-state index in [4.69, 9.17) is 0 Å². The Kier molecular flexibility index (Phi) is 6.65. The number of para-hydroxylation sites is 2. The van der Waals surface area contributed by atoms with Crippen molar-refractivity contribution in [1.82, 2.24) is 4.57 Å². The summed E-state index contributed by atoms with van der Waals surface area (Å²) in [5.74, 6) is 0. The lowest BCUT2D eigenvalue weighted by molar-refractivity contribution is 0.640. The van der Waals surface area contributed by atoms with Crippen LogP contribution >= 0.6 is 0 Å². The Morgan fingerprint density at radius 1 is 0.433 bits per heavy atom. The highest BCUT2D eigenvalue weighted by Crippen LogP contribution is 2.48. The smallest absolute Gasteiger partial charge is 0.247 e. The molecule has 0 fully saturated rings. The van der Waals surface area contributed by atoms with Gasteiger partial charge in [-0.1, -0.05) is 154 Å². The predicted octanol–water partition coefficient (Wildman–Crippen LogP) is 9.48. The minimum atomic E-state index is -0.148. The van der Waals surface area contributed by atoms with E-state index in [-0.39, 0.29) is 24.3 Å². The van der Waals surface area contributed by atoms with Crippen LogP contribution in [-0.2, 0) is 10.8 Å². The SMILES string of the molecule is Cc1ccc2c3c1C(C)(C)c1ccccc1B3c1cc(-c3ccc4c(c3)c3ccccc3n4-c3ccccc3)cc3c1N2c1ccc(C)c2c1B3c1ccccc1C2(C)C. The Morgan fingerprint density at radius 3 is 1.55 bits per heavy atom. The Hall–Kier alpha value is -6.51. The van der Waals surface area contributed by atoms with Crippen molar-refractivity contribution < 1.29 is 0 Å². The summed E-state index contributed by atoms with van der Waals surface area (Å²) in [6.45, 7) is 14.7. The van der Waals surface area contributed by atoms with E-state index in [1.54, 1.807) is 0 Å². The summed E-state index contributed by atoms with van der Waals surface area (Å²) in [5, 5.41) is 2.56. The minimum absolute atomic E-state index is 0.106. The highest BCUT2D eigenvalue weighted by atomic mass is 15.2. The van der Waals surface area contributed by atoms with Crippen LogP contribution < -0.4 is 37.7 Å². The summed E-state index contributed by atoms with van der Waals surface area (Å²) in [6, 6.07) is 60.4. The van der Waals surface area contributed by atoms with Crippen molar-refractivity contribution in [2.24, 2.45) is 0 Å². The third-order valence-corrected chi connectivity index (χ3v) is 15.1. The lowest BCUT2D eigenvalue weighted by Crippen LogP contribution is -2.70. The standard InChI is InChI=1S/C56H44B2N2/c1-33-24-27-48-52-50(33)55(3,4)40-19-11-13-21-42(40)57(52)44-31-36(35-26-29-47-39(30-35)38-18-10-15-23-46(38)59(47)37-16-8-7-9-17-37)32-45-54(44)60(48)49-28-25-34(2)51-53(49)58(45)43-22-14-12-20-41(43)56(51,5)6/h7-32H,1-6H3. The molecule has 0 atom stereocenters. The fourth-order valence-corrected chi connectivity index (χ4v) is 12.9. The first-order valence-corrected chi connectivity index (χ1v) is 21.7. The molecule has 0 radical (unpaired) electrons. The number of nitrogens with zero attached hydrogens (tertiary/aromatic N) is 2. The van der Waals surface area contributed by atoms with Gasteiger partial charge < -0.3 is 9.47 Å². The van der Waals surface area contributed by atoms with Gasteiger partial charge in [0.2, 0.25) is 13.4 Å². The van der Waals surface area contributed by atoms with E-state index in [1.807, 2.05) is 0 Å². The molecule has 284 valence electrons. The average molecular weight is 767 g/mol. The monoisotopic (exact) mass is 766 g/mol. The van der Waals surface area contributed by atoms with E-state index < -0.39 is 0 Å². The van der Waals surface area contributed by atoms with E-state index in [0.29, 0.717) is 0 Å². The first kappa shape index (κ1) is 34.4. The van der Waals surface area contributed by atoms with Gasteiger partial charge in [0.15, 0.2) is 0 Å². The van der Waals surface area contributed by atoms with Gasteiger partial charge in [0, 0.05) is 44.4 Å². The maximum atomic E-state index is 2.70. The molecule has 2 nitrogen and oxygen atoms in total. The van der Waals surface area contributed by atoms with Gasteiger partial charge in [-0.3, -0.25) is 0 Å². The van der Waals surface area contributed by atoms with Gasteiger partial charge in [-0.15, -0.1) is 0 Å². The second-order valence-corrected chi connectivity index (χ2v) is 18.9. The second-order valence-electron chi connectivity index (χ2n) is 18.9. The molecule has 4 heteroatoms. The van der Waals surface area contributed by atoms with Crippen molar-refractivity contribution in [1.29, 1.82) is 0 Å². The molecule has 0 N–H and O–H groups in total. The quantitative estimate of drug-likeness (QED) is 0.159. The number of benzene rings is 8. The Morgan fingerprint density at radius 2 is 0.950 bits per heavy atom. The molecule has 0 spiro atoms. The van der Waals surface area contributed by atoms with Crippen LogP contribution in [-0.4, -0.2) is 18.0 Å². The second kappa shape index (κ2) is 11.6. The fourth-order valence-electron chi connectivity index (χ4n) is 12.9. The Bertz CT molecular complexity index is 3230. The van der Waals surface area contributed by atoms with Crippen molar-refractivity contribution in [3.63, 3.8) is 0 Å². The molecule has 0 amide bonds. The third-order valence-electron chi connectivity index (χ3n) is 15.1. The maximum Gasteiger partial charge on any atom is 0.247 e. The van der Waals surface area contributed by atoms with Crippen molar-refractivity contribution in [3.8, 4) is 16.8 Å². The molecule has 60 heavy (non-hydrogen) atoms. The summed E-state index contributed by atoms with van der Waals surface area (Å²) in [5.41, 5.74) is 27.1. The van der Waals surface area contributed by atoms with Crippen LogP contribution in [0.2, 0.25) is 0 Å². The fraction of sp³-hybridized carbons (Fsp3) is 0.143. The van der Waals surface area contributed by atoms with Crippen molar-refractivity contribution >= 4 is 85.1 Å². The lowest BCUT2D eigenvalue weighted by Gasteiger charge is -2.51. The Balaban J connectivity index is 1.17. The van der Waals surface area contributed by atoms with Crippen molar-refractivity contribution in [2.45, 2.75) is 52.4 Å². The van der Waals surface area contributed by atoms with E-state index in [1.165, 1.54) is 122 Å². The first-order valence-electron chi connectivity index (χ1n) is 21.7. The normalized spacial score (nSPS) is 15.7. The highest BCUT2D eigenvalue weighted by molar-refractivity contribution is 7.03. The number of fused-ring (bicyclic) bond motifs is 11. The zero-order valence-electron chi connectivity index (χ0n) is 35.1. The molecule has 0 saturated carbocycles. The van der Waals surface area contributed by atoms with Crippen LogP contribution in [0.5, 0.6) is 0 Å². The number of aryl methyl sites for hydroxylation is 2. The van der Waals surface area contributed by atoms with Gasteiger partial charge >= 0.3 is 0 Å². The molecule has 0 saturated heterocycles. The molecule has 0 bridgehead atoms. The van der Waals surface area contributed by atoms with Crippen LogP contribution in [0.1, 0.15) is 61.1 Å². The minimum Gasteiger partial charge on any atom is -0.313 e. The molecule has 13 rings (SSSR count). The molecule has 8 aromatic carbocycles. The summed E-state index contributed by atoms with van der Waals surface area (Å²) in [6.07, 6.45) is 0. The van der Waals surface area contributed by atoms with Crippen LogP contribution in [0, 0.1) is 13.8 Å². The number of hydrogen-bond acceptors (Lipinski definition) is 1. The van der Waals surface area contributed by atoms with Crippen LogP contribution in [0.25, 0.3) is 38.6 Å². The molecule has 0 unspecified atom stereocenters. The van der Waals surface area contributed by atoms with Crippen molar-refractivity contribution in [3.05, 3.63) is 191 Å². The van der Waals surface area contributed by atoms with Crippen LogP contribution in [0.15, 0.2) is 158 Å². The largest absolute Gasteiger partial charge is 0.313 e. The molecule has 9 aromatic rings. The predicted molar refractivity (Wildman–Crippen MR) is 257 cm³/mol. The Labute approximate surface area is 353 Å². The summed E-state index contributed by atoms with van der Waals surface area (Å²) in [7, 11) is 0. The number of hydrogen-bond donors (Lipinski definition) is 0. The molecule has 5 heterocycles. The van der Waals surface area contributed by atoms with Gasteiger partial charge in [-0.2, -0.15) is 0 Å². The molecular weight excluding hydrogens is 722 g/mol. The number of aromatic nitrogens is 1. The lowest BCUT2D eigenvalue weighted by atomic mass is 9.26. The first-order chi connectivity index (χ1) is 29.1. The summed E-state index contributed by atoms with van der Waals surface area (Å²) in [4.78, 5) is 2.70. The van der Waals surface area contributed by atoms with Crippen LogP contribution in [0.3, 0.4) is 0 Å². The molecule has 1 aromatic heterocycles. The van der Waals surface area contributed by atoms with Gasteiger partial charge in [0.25, 0.3) is 0 Å². The molecule has 4 aliphatic rings. The zero-order valence-corrected chi connectivity index (χ0v) is 35.1. The van der Waals surface area contributed by atoms with E-state index in [0.717, 1.165) is 0 Å². The number of rotatable bonds is 2. The zero-order chi connectivity index (χ0) is 40.4. The summed E-state index contributed by atoms with van der Waals surface area (Å²) >= 11 is 0. The van der Waals surface area contributed by atoms with Gasteiger partial charge in [0.1, 0.15) is 0 Å². The number of anilines is 3. The van der Waals surface area contributed by atoms with Crippen molar-refractivity contribution in [2.75, 3.05) is 4.90 Å². The van der Waals surface area contributed by atoms with E-state index >= 15 is 0 Å². The molecule has 4 aliphatic heterocycles. The highest BCUT2D eigenvalue weighted by Gasteiger charge is 2.52. The van der Waals surface area contributed by atoms with Gasteiger partial charge in [-0.25, -0.2) is 0 Å². The van der Waals surface area contributed by atoms with E-state index in [2.05, 4.69) is 209 Å². The summed E-state index contributed by atoms with van der Waals surface area (Å²) < 4.78 is 2.42. The van der Waals surface area contributed by atoms with Gasteiger partial charge in [-0.05, 0) is 123 Å². The maximum absolute atomic E-state index is 2.70. The molecule has 0 aliphatic carbocycles. The average Bonchev–Trinajstić information content (AvgIpc) is 3.59. The topological polar surface area (TPSA) is 8.17 Å². The third kappa shape index (κ3) is 4.17. The van der Waals surface area contributed by atoms with Gasteiger partial charge in [0.05, 0.1) is 11.0 Å². The van der Waals surface area contributed by atoms with Crippen LogP contribution in [0.4, 0.5) is 17.1 Å².